The normalized spacial score (nSPS) is 17.9. The lowest BCUT2D eigenvalue weighted by Crippen LogP contribution is -2.49. The molecular formula is C25H28N8O2. The number of piperazine rings is 1. The van der Waals surface area contributed by atoms with Crippen molar-refractivity contribution >= 4 is 16.8 Å². The maximum absolute atomic E-state index is 11.8. The number of rotatable bonds is 6. The number of nitrogens with one attached hydrogen (secondary N) is 2. The van der Waals surface area contributed by atoms with Gasteiger partial charge in [-0.25, -0.2) is 0 Å². The summed E-state index contributed by atoms with van der Waals surface area (Å²) in [5, 5.41) is 20.2. The summed E-state index contributed by atoms with van der Waals surface area (Å²) in [6, 6.07) is 10.6. The van der Waals surface area contributed by atoms with Crippen molar-refractivity contribution in [2.24, 2.45) is 7.05 Å². The molecule has 2 N–H and O–H groups in total. The maximum atomic E-state index is 11.8. The molecule has 35 heavy (non-hydrogen) atoms. The lowest BCUT2D eigenvalue weighted by Gasteiger charge is -2.41. The minimum absolute atomic E-state index is 0.0532. The quantitative estimate of drug-likeness (QED) is 0.437. The molecule has 6 rings (SSSR count). The molecule has 5 heterocycles. The summed E-state index contributed by atoms with van der Waals surface area (Å²) in [6.07, 6.45) is 2.50. The summed E-state index contributed by atoms with van der Waals surface area (Å²) in [7, 11) is 1.97. The average molecular weight is 473 g/mol. The number of benzene rings is 1. The molecule has 2 fully saturated rings. The molecule has 2 saturated heterocycles. The van der Waals surface area contributed by atoms with Gasteiger partial charge in [-0.2, -0.15) is 5.10 Å². The summed E-state index contributed by atoms with van der Waals surface area (Å²) >= 11 is 0. The number of hydrogen-bond acceptors (Lipinski definition) is 7. The zero-order chi connectivity index (χ0) is 24.0. The fourth-order valence-corrected chi connectivity index (χ4v) is 5.08. The molecule has 0 bridgehead atoms. The van der Waals surface area contributed by atoms with Gasteiger partial charge in [-0.1, -0.05) is 18.2 Å². The van der Waals surface area contributed by atoms with Crippen molar-refractivity contribution in [3.05, 3.63) is 59.4 Å². The second kappa shape index (κ2) is 8.54. The summed E-state index contributed by atoms with van der Waals surface area (Å²) in [5.74, 6) is 0.999. The van der Waals surface area contributed by atoms with Gasteiger partial charge in [0.05, 0.1) is 31.0 Å². The number of ether oxygens (including phenoxy) is 1. The van der Waals surface area contributed by atoms with Crippen molar-refractivity contribution in [3.8, 4) is 11.3 Å². The molecule has 1 aromatic carbocycles. The zero-order valence-corrected chi connectivity index (χ0v) is 19.9. The lowest BCUT2D eigenvalue weighted by atomic mass is 9.75. The number of pyridine rings is 1. The Morgan fingerprint density at radius 3 is 2.86 bits per heavy atom. The molecule has 2 aliphatic heterocycles. The van der Waals surface area contributed by atoms with Crippen LogP contribution in [0, 0.1) is 6.92 Å². The molecule has 0 aliphatic carbocycles. The van der Waals surface area contributed by atoms with E-state index in [9.17, 15) is 4.79 Å². The Morgan fingerprint density at radius 1 is 1.23 bits per heavy atom. The van der Waals surface area contributed by atoms with E-state index < -0.39 is 0 Å². The fraction of sp³-hybridized carbons (Fsp3) is 0.400. The Balaban J connectivity index is 1.35. The van der Waals surface area contributed by atoms with E-state index in [0.29, 0.717) is 32.8 Å². The molecule has 3 aromatic heterocycles. The Labute approximate surface area is 202 Å². The number of fused-ring (bicyclic) bond motifs is 1. The van der Waals surface area contributed by atoms with E-state index in [4.69, 9.17) is 14.8 Å². The minimum atomic E-state index is -0.125. The second-order valence-electron chi connectivity index (χ2n) is 9.65. The van der Waals surface area contributed by atoms with Crippen LogP contribution < -0.4 is 5.32 Å². The van der Waals surface area contributed by atoms with E-state index in [0.717, 1.165) is 52.3 Å². The standard InChI is InChI=1S/C25H28N8O2/c1-16-8-19-23(30-31-24(19)20(28-16)11-33-7-6-26-22(34)12-33)17-4-3-5-18(9-17)25(13-35-14-25)10-21-29-27-15-32(21)2/h3-5,8-9,15H,6-7,10-14H2,1-2H3,(H,26,34)(H,30,31). The van der Waals surface area contributed by atoms with Crippen LogP contribution in [0.5, 0.6) is 0 Å². The van der Waals surface area contributed by atoms with Crippen LogP contribution in [0.25, 0.3) is 22.2 Å². The first-order chi connectivity index (χ1) is 17.0. The number of aryl methyl sites for hydroxylation is 2. The van der Waals surface area contributed by atoms with Crippen LogP contribution in [0.15, 0.2) is 36.7 Å². The Hall–Kier alpha value is -3.63. The van der Waals surface area contributed by atoms with Crippen LogP contribution >= 0.6 is 0 Å². The molecule has 4 aromatic rings. The second-order valence-corrected chi connectivity index (χ2v) is 9.65. The van der Waals surface area contributed by atoms with Crippen LogP contribution in [-0.2, 0) is 35.0 Å². The molecular weight excluding hydrogens is 444 g/mol. The van der Waals surface area contributed by atoms with Crippen molar-refractivity contribution in [2.75, 3.05) is 32.8 Å². The fourth-order valence-electron chi connectivity index (χ4n) is 5.08. The van der Waals surface area contributed by atoms with E-state index in [1.807, 2.05) is 18.5 Å². The Kier molecular flexibility index (Phi) is 5.34. The van der Waals surface area contributed by atoms with Crippen LogP contribution in [0.3, 0.4) is 0 Å². The number of carbonyl (C=O) groups is 1. The summed E-state index contributed by atoms with van der Waals surface area (Å²) in [5.41, 5.74) is 5.80. The van der Waals surface area contributed by atoms with E-state index in [1.165, 1.54) is 5.56 Å². The van der Waals surface area contributed by atoms with Gasteiger partial charge in [0.2, 0.25) is 5.91 Å². The number of aromatic amines is 1. The lowest BCUT2D eigenvalue weighted by molar-refractivity contribution is -0.124. The molecule has 0 atom stereocenters. The number of hydrogen-bond donors (Lipinski definition) is 2. The highest BCUT2D eigenvalue weighted by Crippen LogP contribution is 2.38. The molecule has 1 amide bonds. The smallest absolute Gasteiger partial charge is 0.234 e. The van der Waals surface area contributed by atoms with Crippen molar-refractivity contribution in [1.82, 2.24) is 40.2 Å². The van der Waals surface area contributed by atoms with Gasteiger partial charge < -0.3 is 14.6 Å². The number of nitrogens with zero attached hydrogens (tertiary/aromatic N) is 6. The van der Waals surface area contributed by atoms with Crippen LogP contribution in [-0.4, -0.2) is 73.6 Å². The van der Waals surface area contributed by atoms with Crippen LogP contribution in [0.2, 0.25) is 0 Å². The van der Waals surface area contributed by atoms with Gasteiger partial charge in [-0.05, 0) is 24.6 Å². The first-order valence-corrected chi connectivity index (χ1v) is 11.9. The highest BCUT2D eigenvalue weighted by Gasteiger charge is 2.41. The topological polar surface area (TPSA) is 114 Å². The molecule has 10 nitrogen and oxygen atoms in total. The summed E-state index contributed by atoms with van der Waals surface area (Å²) < 4.78 is 7.64. The first-order valence-electron chi connectivity index (χ1n) is 11.9. The number of amides is 1. The molecule has 180 valence electrons. The molecule has 10 heteroatoms. The van der Waals surface area contributed by atoms with Gasteiger partial charge in [0, 0.05) is 55.2 Å². The monoisotopic (exact) mass is 472 g/mol. The van der Waals surface area contributed by atoms with Gasteiger partial charge in [-0.3, -0.25) is 19.8 Å². The molecule has 0 radical (unpaired) electrons. The zero-order valence-electron chi connectivity index (χ0n) is 19.9. The third-order valence-electron chi connectivity index (χ3n) is 7.05. The number of aromatic nitrogens is 6. The third-order valence-corrected chi connectivity index (χ3v) is 7.05. The number of H-pyrrole nitrogens is 1. The molecule has 2 aliphatic rings. The highest BCUT2D eigenvalue weighted by molar-refractivity contribution is 5.94. The van der Waals surface area contributed by atoms with E-state index in [2.05, 4.69) is 55.8 Å². The minimum Gasteiger partial charge on any atom is -0.379 e. The number of carbonyl (C=O) groups excluding carboxylic acids is 1. The SMILES string of the molecule is Cc1cc2c(-c3cccc(C4(Cc5nncn5C)COC4)c3)n[nH]c2c(CN2CCNC(=O)C2)n1. The molecule has 0 unspecified atom stereocenters. The van der Waals surface area contributed by atoms with Gasteiger partial charge in [0.25, 0.3) is 0 Å². The van der Waals surface area contributed by atoms with Crippen LogP contribution in [0.4, 0.5) is 0 Å². The van der Waals surface area contributed by atoms with Gasteiger partial charge in [0.15, 0.2) is 0 Å². The first kappa shape index (κ1) is 21.9. The average Bonchev–Trinajstić information content (AvgIpc) is 3.42. The van der Waals surface area contributed by atoms with Crippen molar-refractivity contribution in [3.63, 3.8) is 0 Å². The van der Waals surface area contributed by atoms with Gasteiger partial charge in [0.1, 0.15) is 17.8 Å². The molecule has 0 spiro atoms. The highest BCUT2D eigenvalue weighted by atomic mass is 16.5. The van der Waals surface area contributed by atoms with E-state index in [1.54, 1.807) is 6.33 Å². The van der Waals surface area contributed by atoms with E-state index >= 15 is 0 Å². The predicted molar refractivity (Wildman–Crippen MR) is 130 cm³/mol. The summed E-state index contributed by atoms with van der Waals surface area (Å²) in [4.78, 5) is 18.7. The van der Waals surface area contributed by atoms with Crippen molar-refractivity contribution < 1.29 is 9.53 Å². The van der Waals surface area contributed by atoms with Crippen LogP contribution in [0.1, 0.15) is 22.8 Å². The summed E-state index contributed by atoms with van der Waals surface area (Å²) in [6.45, 7) is 5.76. The third kappa shape index (κ3) is 3.98. The van der Waals surface area contributed by atoms with Crippen molar-refractivity contribution in [2.45, 2.75) is 25.3 Å². The maximum Gasteiger partial charge on any atom is 0.234 e. The Bertz CT molecular complexity index is 1400. The Morgan fingerprint density at radius 2 is 2.11 bits per heavy atom. The molecule has 0 saturated carbocycles. The van der Waals surface area contributed by atoms with Gasteiger partial charge in [-0.15, -0.1) is 10.2 Å². The van der Waals surface area contributed by atoms with E-state index in [-0.39, 0.29) is 11.3 Å². The predicted octanol–water partition coefficient (Wildman–Crippen LogP) is 1.50. The van der Waals surface area contributed by atoms with Crippen molar-refractivity contribution in [1.29, 1.82) is 0 Å². The van der Waals surface area contributed by atoms with Gasteiger partial charge >= 0.3 is 0 Å². The largest absolute Gasteiger partial charge is 0.379 e.